The van der Waals surface area contributed by atoms with Gasteiger partial charge in [0.05, 0.1) is 19.2 Å². The molecule has 0 radical (unpaired) electrons. The number of aliphatic hydroxyl groups excluding tert-OH is 1. The number of nitrogens with zero attached hydrogens (tertiary/aromatic N) is 3. The van der Waals surface area contributed by atoms with Crippen LogP contribution in [-0.4, -0.2) is 34.9 Å². The summed E-state index contributed by atoms with van der Waals surface area (Å²) < 4.78 is 7.47. The Labute approximate surface area is 170 Å². The number of benzene rings is 2. The van der Waals surface area contributed by atoms with Crippen LogP contribution in [0.1, 0.15) is 5.56 Å². The van der Waals surface area contributed by atoms with Crippen LogP contribution in [-0.2, 0) is 7.05 Å². The Hall–Kier alpha value is -3.31. The number of ether oxygens (including phenoxy) is 1. The summed E-state index contributed by atoms with van der Waals surface area (Å²) >= 11 is 0. The van der Waals surface area contributed by atoms with Gasteiger partial charge in [-0.25, -0.2) is 0 Å². The Balaban J connectivity index is 1.78. The van der Waals surface area contributed by atoms with Crippen molar-refractivity contribution in [3.05, 3.63) is 72.7 Å². The van der Waals surface area contributed by atoms with E-state index in [2.05, 4.69) is 40.3 Å². The molecule has 2 heterocycles. The summed E-state index contributed by atoms with van der Waals surface area (Å²) in [6.07, 6.45) is 6.03. The van der Waals surface area contributed by atoms with Crippen molar-refractivity contribution in [1.29, 1.82) is 0 Å². The molecule has 0 aliphatic carbocycles. The number of methoxy groups -OCH3 is 1. The van der Waals surface area contributed by atoms with E-state index in [0.717, 1.165) is 44.7 Å². The molecule has 0 aliphatic rings. The molecule has 148 valence electrons. The largest absolute Gasteiger partial charge is 0.497 e. The van der Waals surface area contributed by atoms with E-state index in [1.807, 2.05) is 55.2 Å². The predicted molar refractivity (Wildman–Crippen MR) is 118 cm³/mol. The van der Waals surface area contributed by atoms with E-state index < -0.39 is 0 Å². The summed E-state index contributed by atoms with van der Waals surface area (Å²) in [6.45, 7) is 2.58. The number of aromatic nitrogens is 2. The van der Waals surface area contributed by atoms with Crippen molar-refractivity contribution in [3.8, 4) is 16.9 Å². The minimum Gasteiger partial charge on any atom is -0.497 e. The van der Waals surface area contributed by atoms with Gasteiger partial charge >= 0.3 is 0 Å². The molecule has 0 atom stereocenters. The molecule has 0 amide bonds. The molecular formula is C24H25N3O2. The molecule has 0 spiro atoms. The van der Waals surface area contributed by atoms with Gasteiger partial charge in [-0.1, -0.05) is 0 Å². The quantitative estimate of drug-likeness (QED) is 0.522. The van der Waals surface area contributed by atoms with Gasteiger partial charge in [0.1, 0.15) is 5.75 Å². The summed E-state index contributed by atoms with van der Waals surface area (Å²) in [7, 11) is 3.68. The number of anilines is 2. The fourth-order valence-corrected chi connectivity index (χ4v) is 3.63. The Morgan fingerprint density at radius 1 is 1.03 bits per heavy atom. The number of pyridine rings is 1. The maximum atomic E-state index is 9.68. The van der Waals surface area contributed by atoms with Gasteiger partial charge in [-0.05, 0) is 55.0 Å². The third kappa shape index (κ3) is 3.96. The zero-order chi connectivity index (χ0) is 20.4. The standard InChI is InChI=1S/C24H25N3O2/c1-17-10-22(14-23(11-17)29-3)27(8-9-28)21-4-5-24-19(13-21)12-20(15-25-24)18-6-7-26(2)16-18/h4-7,10-16,28H,8-9H2,1-3H3. The molecule has 0 saturated carbocycles. The lowest BCUT2D eigenvalue weighted by Crippen LogP contribution is -2.21. The highest BCUT2D eigenvalue weighted by Crippen LogP contribution is 2.32. The SMILES string of the molecule is COc1cc(C)cc(N(CCO)c2ccc3ncc(-c4ccn(C)c4)cc3c2)c1. The van der Waals surface area contributed by atoms with Crippen LogP contribution in [0.2, 0.25) is 0 Å². The van der Waals surface area contributed by atoms with Crippen molar-refractivity contribution < 1.29 is 9.84 Å². The Bertz CT molecular complexity index is 1150. The van der Waals surface area contributed by atoms with Crippen molar-refractivity contribution >= 4 is 22.3 Å². The second-order valence-corrected chi connectivity index (χ2v) is 7.25. The monoisotopic (exact) mass is 387 g/mol. The number of hydrogen-bond acceptors (Lipinski definition) is 4. The normalized spacial score (nSPS) is 11.0. The van der Waals surface area contributed by atoms with Gasteiger partial charge < -0.3 is 19.3 Å². The minimum absolute atomic E-state index is 0.0522. The highest BCUT2D eigenvalue weighted by atomic mass is 16.5. The van der Waals surface area contributed by atoms with E-state index in [1.54, 1.807) is 7.11 Å². The van der Waals surface area contributed by atoms with E-state index in [0.29, 0.717) is 6.54 Å². The molecule has 0 saturated heterocycles. The van der Waals surface area contributed by atoms with Gasteiger partial charge in [0.25, 0.3) is 0 Å². The van der Waals surface area contributed by atoms with Gasteiger partial charge in [-0.15, -0.1) is 0 Å². The molecule has 0 unspecified atom stereocenters. The second-order valence-electron chi connectivity index (χ2n) is 7.25. The van der Waals surface area contributed by atoms with Crippen molar-refractivity contribution in [2.75, 3.05) is 25.2 Å². The molecule has 2 aromatic heterocycles. The third-order valence-electron chi connectivity index (χ3n) is 5.05. The smallest absolute Gasteiger partial charge is 0.121 e. The molecular weight excluding hydrogens is 362 g/mol. The lowest BCUT2D eigenvalue weighted by molar-refractivity contribution is 0.305. The van der Waals surface area contributed by atoms with Crippen molar-refractivity contribution in [1.82, 2.24) is 9.55 Å². The van der Waals surface area contributed by atoms with Crippen molar-refractivity contribution in [3.63, 3.8) is 0 Å². The Morgan fingerprint density at radius 3 is 2.62 bits per heavy atom. The first-order valence-electron chi connectivity index (χ1n) is 9.63. The molecule has 1 N–H and O–H groups in total. The van der Waals surface area contributed by atoms with Gasteiger partial charge in [0, 0.05) is 66.1 Å². The van der Waals surface area contributed by atoms with Crippen molar-refractivity contribution in [2.45, 2.75) is 6.92 Å². The molecule has 5 nitrogen and oxygen atoms in total. The second kappa shape index (κ2) is 7.97. The first kappa shape index (κ1) is 19.0. The molecule has 0 fully saturated rings. The van der Waals surface area contributed by atoms with Crippen LogP contribution in [0.25, 0.3) is 22.0 Å². The maximum Gasteiger partial charge on any atom is 0.121 e. The molecule has 0 aliphatic heterocycles. The highest BCUT2D eigenvalue weighted by molar-refractivity contribution is 5.87. The van der Waals surface area contributed by atoms with E-state index in [9.17, 15) is 5.11 Å². The van der Waals surface area contributed by atoms with E-state index in [1.165, 1.54) is 0 Å². The molecule has 0 bridgehead atoms. The van der Waals surface area contributed by atoms with E-state index >= 15 is 0 Å². The minimum atomic E-state index is 0.0522. The van der Waals surface area contributed by atoms with Crippen LogP contribution in [0.3, 0.4) is 0 Å². The number of hydrogen-bond donors (Lipinski definition) is 1. The van der Waals surface area contributed by atoms with E-state index in [-0.39, 0.29) is 6.61 Å². The molecule has 29 heavy (non-hydrogen) atoms. The van der Waals surface area contributed by atoms with Crippen molar-refractivity contribution in [2.24, 2.45) is 7.05 Å². The topological polar surface area (TPSA) is 50.5 Å². The number of fused-ring (bicyclic) bond motifs is 1. The summed E-state index contributed by atoms with van der Waals surface area (Å²) in [5, 5.41) is 10.7. The number of aryl methyl sites for hydroxylation is 2. The van der Waals surface area contributed by atoms with Gasteiger partial charge in [0.2, 0.25) is 0 Å². The zero-order valence-corrected chi connectivity index (χ0v) is 17.0. The average Bonchev–Trinajstić information content (AvgIpc) is 3.17. The highest BCUT2D eigenvalue weighted by Gasteiger charge is 2.12. The first-order chi connectivity index (χ1) is 14.1. The third-order valence-corrected chi connectivity index (χ3v) is 5.05. The molecule has 5 heteroatoms. The maximum absolute atomic E-state index is 9.68. The van der Waals surface area contributed by atoms with Crippen LogP contribution < -0.4 is 9.64 Å². The van der Waals surface area contributed by atoms with Crippen LogP contribution >= 0.6 is 0 Å². The summed E-state index contributed by atoms with van der Waals surface area (Å²) in [5.74, 6) is 0.803. The Morgan fingerprint density at radius 2 is 1.90 bits per heavy atom. The summed E-state index contributed by atoms with van der Waals surface area (Å²) in [6, 6.07) is 16.5. The van der Waals surface area contributed by atoms with Crippen LogP contribution in [0.5, 0.6) is 5.75 Å². The van der Waals surface area contributed by atoms with Gasteiger partial charge in [0.15, 0.2) is 0 Å². The Kier molecular flexibility index (Phi) is 5.23. The molecule has 2 aromatic carbocycles. The summed E-state index contributed by atoms with van der Waals surface area (Å²) in [4.78, 5) is 6.73. The predicted octanol–water partition coefficient (Wildman–Crippen LogP) is 4.69. The average molecular weight is 387 g/mol. The lowest BCUT2D eigenvalue weighted by Gasteiger charge is -2.25. The van der Waals surface area contributed by atoms with Gasteiger partial charge in [-0.3, -0.25) is 4.98 Å². The first-order valence-corrected chi connectivity index (χ1v) is 9.63. The number of rotatable bonds is 6. The number of aliphatic hydroxyl groups is 1. The summed E-state index contributed by atoms with van der Waals surface area (Å²) in [5.41, 5.74) is 6.27. The van der Waals surface area contributed by atoms with Gasteiger partial charge in [-0.2, -0.15) is 0 Å². The van der Waals surface area contributed by atoms with Crippen LogP contribution in [0.4, 0.5) is 11.4 Å². The van der Waals surface area contributed by atoms with Crippen LogP contribution in [0.15, 0.2) is 67.1 Å². The van der Waals surface area contributed by atoms with Crippen LogP contribution in [0, 0.1) is 6.92 Å². The fourth-order valence-electron chi connectivity index (χ4n) is 3.63. The fraction of sp³-hybridized carbons (Fsp3) is 0.208. The van der Waals surface area contributed by atoms with E-state index in [4.69, 9.17) is 4.74 Å². The zero-order valence-electron chi connectivity index (χ0n) is 17.0. The lowest BCUT2D eigenvalue weighted by atomic mass is 10.1. The molecule has 4 aromatic rings. The molecule has 4 rings (SSSR count).